The predicted molar refractivity (Wildman–Crippen MR) is 70.3 cm³/mol. The smallest absolute Gasteiger partial charge is 0.236 e. The van der Waals surface area contributed by atoms with Crippen LogP contribution in [-0.2, 0) is 9.59 Å². The summed E-state index contributed by atoms with van der Waals surface area (Å²) in [6, 6.07) is 0.402. The Morgan fingerprint density at radius 2 is 1.89 bits per heavy atom. The maximum Gasteiger partial charge on any atom is 0.236 e. The number of aldehydes is 1. The molecule has 2 heterocycles. The van der Waals surface area contributed by atoms with E-state index < -0.39 is 0 Å². The average Bonchev–Trinajstić information content (AvgIpc) is 2.40. The third-order valence-electron chi connectivity index (χ3n) is 4.31. The largest absolute Gasteiger partial charge is 0.339 e. The summed E-state index contributed by atoms with van der Waals surface area (Å²) >= 11 is 0. The van der Waals surface area contributed by atoms with Gasteiger partial charge in [-0.05, 0) is 52.1 Å². The lowest BCUT2D eigenvalue weighted by Crippen LogP contribution is -2.48. The molecule has 0 saturated carbocycles. The van der Waals surface area contributed by atoms with Crippen LogP contribution >= 0.6 is 0 Å². The van der Waals surface area contributed by atoms with E-state index in [-0.39, 0.29) is 11.8 Å². The molecule has 18 heavy (non-hydrogen) atoms. The van der Waals surface area contributed by atoms with E-state index >= 15 is 0 Å². The van der Waals surface area contributed by atoms with Crippen molar-refractivity contribution in [3.63, 3.8) is 0 Å². The third kappa shape index (κ3) is 3.31. The number of hydrogen-bond donors (Lipinski definition) is 0. The van der Waals surface area contributed by atoms with Crippen molar-refractivity contribution in [3.8, 4) is 0 Å². The van der Waals surface area contributed by atoms with Crippen molar-refractivity contribution in [3.05, 3.63) is 0 Å². The van der Waals surface area contributed by atoms with Gasteiger partial charge in [-0.15, -0.1) is 0 Å². The first-order valence-corrected chi connectivity index (χ1v) is 7.18. The number of piperidine rings is 2. The van der Waals surface area contributed by atoms with E-state index in [9.17, 15) is 9.59 Å². The molecule has 4 nitrogen and oxygen atoms in total. The molecule has 0 aromatic heterocycles. The molecule has 0 bridgehead atoms. The Labute approximate surface area is 109 Å². The fourth-order valence-electron chi connectivity index (χ4n) is 3.00. The molecule has 0 aromatic carbocycles. The molecule has 1 amide bonds. The Hall–Kier alpha value is -0.900. The molecule has 2 rings (SSSR count). The van der Waals surface area contributed by atoms with Gasteiger partial charge in [0.15, 0.2) is 0 Å². The minimum absolute atomic E-state index is 0.213. The number of amides is 1. The van der Waals surface area contributed by atoms with Crippen LogP contribution < -0.4 is 0 Å². The summed E-state index contributed by atoms with van der Waals surface area (Å²) in [5.74, 6) is 0.483. The van der Waals surface area contributed by atoms with Crippen molar-refractivity contribution in [1.29, 1.82) is 0 Å². The summed E-state index contributed by atoms with van der Waals surface area (Å²) in [4.78, 5) is 27.2. The fourth-order valence-corrected chi connectivity index (χ4v) is 3.00. The zero-order chi connectivity index (χ0) is 13.0. The van der Waals surface area contributed by atoms with Gasteiger partial charge < -0.3 is 9.69 Å². The molecule has 2 fully saturated rings. The van der Waals surface area contributed by atoms with Crippen molar-refractivity contribution in [2.24, 2.45) is 5.92 Å². The SMILES string of the molecule is CC1CCCCN1C(=O)CN1CCC(C=O)CC1. The van der Waals surface area contributed by atoms with Gasteiger partial charge in [0.05, 0.1) is 6.54 Å². The van der Waals surface area contributed by atoms with Crippen LogP contribution in [0.5, 0.6) is 0 Å². The molecule has 0 radical (unpaired) electrons. The van der Waals surface area contributed by atoms with Gasteiger partial charge in [0.25, 0.3) is 0 Å². The van der Waals surface area contributed by atoms with Crippen molar-refractivity contribution < 1.29 is 9.59 Å². The molecule has 1 atom stereocenters. The summed E-state index contributed by atoms with van der Waals surface area (Å²) in [5, 5.41) is 0. The van der Waals surface area contributed by atoms with Crippen LogP contribution in [0.1, 0.15) is 39.0 Å². The number of nitrogens with zero attached hydrogens (tertiary/aromatic N) is 2. The highest BCUT2D eigenvalue weighted by Gasteiger charge is 2.26. The molecule has 0 aliphatic carbocycles. The van der Waals surface area contributed by atoms with Crippen LogP contribution in [0.15, 0.2) is 0 Å². The van der Waals surface area contributed by atoms with Gasteiger partial charge in [-0.3, -0.25) is 9.69 Å². The minimum Gasteiger partial charge on any atom is -0.339 e. The summed E-state index contributed by atoms with van der Waals surface area (Å²) in [5.41, 5.74) is 0. The van der Waals surface area contributed by atoms with Crippen LogP contribution in [0, 0.1) is 5.92 Å². The first-order valence-electron chi connectivity index (χ1n) is 7.18. The van der Waals surface area contributed by atoms with Crippen LogP contribution in [-0.4, -0.2) is 54.2 Å². The first kappa shape index (κ1) is 13.5. The Bertz CT molecular complexity index is 298. The minimum atomic E-state index is 0.213. The molecule has 4 heteroatoms. The van der Waals surface area contributed by atoms with E-state index in [1.807, 2.05) is 4.90 Å². The second-order valence-electron chi connectivity index (χ2n) is 5.68. The highest BCUT2D eigenvalue weighted by molar-refractivity contribution is 5.78. The highest BCUT2D eigenvalue weighted by atomic mass is 16.2. The lowest BCUT2D eigenvalue weighted by atomic mass is 9.98. The fraction of sp³-hybridized carbons (Fsp3) is 0.857. The number of hydrogen-bond acceptors (Lipinski definition) is 3. The maximum absolute atomic E-state index is 12.2. The quantitative estimate of drug-likeness (QED) is 0.711. The van der Waals surface area contributed by atoms with Crippen molar-refractivity contribution >= 4 is 12.2 Å². The zero-order valence-electron chi connectivity index (χ0n) is 11.3. The second kappa shape index (κ2) is 6.32. The monoisotopic (exact) mass is 252 g/mol. The van der Waals surface area contributed by atoms with Gasteiger partial charge >= 0.3 is 0 Å². The van der Waals surface area contributed by atoms with Gasteiger partial charge in [-0.25, -0.2) is 0 Å². The molecule has 0 aromatic rings. The van der Waals surface area contributed by atoms with E-state index in [2.05, 4.69) is 11.8 Å². The van der Waals surface area contributed by atoms with Crippen molar-refractivity contribution in [2.75, 3.05) is 26.2 Å². The lowest BCUT2D eigenvalue weighted by Gasteiger charge is -2.36. The molecule has 2 saturated heterocycles. The number of carbonyl (C=O) groups is 2. The molecular weight excluding hydrogens is 228 g/mol. The molecule has 2 aliphatic heterocycles. The standard InChI is InChI=1S/C14H24N2O2/c1-12-4-2-3-7-16(12)14(18)10-15-8-5-13(11-17)6-9-15/h11-13H,2-10H2,1H3. The molecule has 0 spiro atoms. The normalized spacial score (nSPS) is 27.2. The van der Waals surface area contributed by atoms with Gasteiger partial charge in [0.1, 0.15) is 6.29 Å². The zero-order valence-corrected chi connectivity index (χ0v) is 11.3. The number of carbonyl (C=O) groups excluding carboxylic acids is 2. The Morgan fingerprint density at radius 1 is 1.17 bits per heavy atom. The summed E-state index contributed by atoms with van der Waals surface area (Å²) in [6.45, 7) is 5.38. The second-order valence-corrected chi connectivity index (χ2v) is 5.68. The maximum atomic E-state index is 12.2. The van der Waals surface area contributed by atoms with E-state index in [4.69, 9.17) is 0 Å². The lowest BCUT2D eigenvalue weighted by molar-refractivity contribution is -0.136. The Morgan fingerprint density at radius 3 is 2.50 bits per heavy atom. The molecule has 1 unspecified atom stereocenters. The van der Waals surface area contributed by atoms with Crippen LogP contribution in [0.3, 0.4) is 0 Å². The topological polar surface area (TPSA) is 40.6 Å². The van der Waals surface area contributed by atoms with E-state index in [1.165, 1.54) is 6.42 Å². The van der Waals surface area contributed by atoms with Gasteiger partial charge in [0, 0.05) is 18.5 Å². The van der Waals surface area contributed by atoms with Crippen molar-refractivity contribution in [1.82, 2.24) is 9.80 Å². The van der Waals surface area contributed by atoms with E-state index in [0.29, 0.717) is 12.6 Å². The third-order valence-corrected chi connectivity index (χ3v) is 4.31. The van der Waals surface area contributed by atoms with E-state index in [0.717, 1.165) is 51.6 Å². The summed E-state index contributed by atoms with van der Waals surface area (Å²) in [6.07, 6.45) is 6.41. The first-order chi connectivity index (χ1) is 8.70. The van der Waals surface area contributed by atoms with Crippen LogP contribution in [0.2, 0.25) is 0 Å². The van der Waals surface area contributed by atoms with Gasteiger partial charge in [0.2, 0.25) is 5.91 Å². The number of rotatable bonds is 3. The Kier molecular flexibility index (Phi) is 4.75. The van der Waals surface area contributed by atoms with Gasteiger partial charge in [-0.2, -0.15) is 0 Å². The summed E-state index contributed by atoms with van der Waals surface area (Å²) < 4.78 is 0. The average molecular weight is 252 g/mol. The van der Waals surface area contributed by atoms with Crippen LogP contribution in [0.4, 0.5) is 0 Å². The molecule has 2 aliphatic rings. The van der Waals surface area contributed by atoms with Crippen molar-refractivity contribution in [2.45, 2.75) is 45.1 Å². The number of likely N-dealkylation sites (tertiary alicyclic amines) is 2. The van der Waals surface area contributed by atoms with Crippen LogP contribution in [0.25, 0.3) is 0 Å². The van der Waals surface area contributed by atoms with Gasteiger partial charge in [-0.1, -0.05) is 0 Å². The molecular formula is C14H24N2O2. The Balaban J connectivity index is 1.78. The molecule has 0 N–H and O–H groups in total. The summed E-state index contributed by atoms with van der Waals surface area (Å²) in [7, 11) is 0. The molecule has 102 valence electrons. The highest BCUT2D eigenvalue weighted by Crippen LogP contribution is 2.18. The van der Waals surface area contributed by atoms with E-state index in [1.54, 1.807) is 0 Å². The predicted octanol–water partition coefficient (Wildman–Crippen LogP) is 1.30.